The maximum Gasteiger partial charge on any atom is 0.0906 e. The molecule has 0 amide bonds. The van der Waals surface area contributed by atoms with Gasteiger partial charge in [-0.25, -0.2) is 0 Å². The second-order valence-electron chi connectivity index (χ2n) is 4.87. The Labute approximate surface area is 105 Å². The molecule has 0 atom stereocenters. The zero-order valence-electron chi connectivity index (χ0n) is 9.51. The van der Waals surface area contributed by atoms with E-state index in [1.165, 1.54) is 5.56 Å². The Morgan fingerprint density at radius 3 is 2.50 bits per heavy atom. The van der Waals surface area contributed by atoms with E-state index in [4.69, 9.17) is 23.2 Å². The Kier molecular flexibility index (Phi) is 2.85. The lowest BCUT2D eigenvalue weighted by atomic mass is 9.84. The summed E-state index contributed by atoms with van der Waals surface area (Å²) in [5, 5.41) is 2.17. The Morgan fingerprint density at radius 2 is 1.88 bits per heavy atom. The van der Waals surface area contributed by atoms with Crippen LogP contribution in [-0.2, 0) is 5.41 Å². The molecule has 0 saturated heterocycles. The number of benzene rings is 1. The molecule has 2 aromatic rings. The van der Waals surface area contributed by atoms with Gasteiger partial charge in [0.2, 0.25) is 0 Å². The SMILES string of the molecule is CC(C)(C)c1cc(Cl)c(Cl)c2ncccc12. The van der Waals surface area contributed by atoms with Gasteiger partial charge in [-0.3, -0.25) is 4.98 Å². The maximum absolute atomic E-state index is 6.15. The third kappa shape index (κ3) is 1.90. The second kappa shape index (κ2) is 3.90. The molecule has 0 saturated carbocycles. The molecule has 0 spiro atoms. The maximum atomic E-state index is 6.15. The Bertz CT molecular complexity index is 541. The first-order valence-electron chi connectivity index (χ1n) is 5.14. The van der Waals surface area contributed by atoms with E-state index in [-0.39, 0.29) is 5.41 Å². The first-order chi connectivity index (χ1) is 7.41. The van der Waals surface area contributed by atoms with Crippen LogP contribution >= 0.6 is 23.2 Å². The number of fused-ring (bicyclic) bond motifs is 1. The lowest BCUT2D eigenvalue weighted by molar-refractivity contribution is 0.596. The summed E-state index contributed by atoms with van der Waals surface area (Å²) in [6, 6.07) is 5.89. The number of rotatable bonds is 0. The van der Waals surface area contributed by atoms with Crippen molar-refractivity contribution in [1.82, 2.24) is 4.98 Å². The van der Waals surface area contributed by atoms with E-state index >= 15 is 0 Å². The van der Waals surface area contributed by atoms with Crippen molar-refractivity contribution in [2.75, 3.05) is 0 Å². The Morgan fingerprint density at radius 1 is 1.19 bits per heavy atom. The van der Waals surface area contributed by atoms with E-state index in [9.17, 15) is 0 Å². The second-order valence-corrected chi connectivity index (χ2v) is 5.65. The van der Waals surface area contributed by atoms with E-state index in [1.807, 2.05) is 18.2 Å². The highest BCUT2D eigenvalue weighted by Crippen LogP contribution is 2.37. The molecule has 3 heteroatoms. The van der Waals surface area contributed by atoms with Crippen LogP contribution in [0.3, 0.4) is 0 Å². The van der Waals surface area contributed by atoms with Crippen molar-refractivity contribution in [3.8, 4) is 0 Å². The fourth-order valence-corrected chi connectivity index (χ4v) is 2.20. The van der Waals surface area contributed by atoms with Crippen molar-refractivity contribution in [2.24, 2.45) is 0 Å². The summed E-state index contributed by atoms with van der Waals surface area (Å²) in [4.78, 5) is 4.30. The number of pyridine rings is 1. The van der Waals surface area contributed by atoms with Gasteiger partial charge in [-0.1, -0.05) is 50.0 Å². The molecule has 1 aromatic carbocycles. The van der Waals surface area contributed by atoms with Crippen LogP contribution in [0.15, 0.2) is 24.4 Å². The largest absolute Gasteiger partial charge is 0.255 e. The van der Waals surface area contributed by atoms with Gasteiger partial charge in [-0.05, 0) is 23.1 Å². The molecule has 0 aliphatic rings. The fourth-order valence-electron chi connectivity index (χ4n) is 1.80. The minimum atomic E-state index is 0.0233. The number of halogens is 2. The molecule has 1 aromatic heterocycles. The smallest absolute Gasteiger partial charge is 0.0906 e. The quantitative estimate of drug-likeness (QED) is 0.655. The van der Waals surface area contributed by atoms with Crippen molar-refractivity contribution in [1.29, 1.82) is 0 Å². The summed E-state index contributed by atoms with van der Waals surface area (Å²) in [5.41, 5.74) is 1.97. The van der Waals surface area contributed by atoms with Crippen molar-refractivity contribution in [3.63, 3.8) is 0 Å². The standard InChI is InChI=1S/C13H13Cl2N/c1-13(2,3)9-7-10(14)11(15)12-8(9)5-4-6-16-12/h4-7H,1-3H3. The predicted octanol–water partition coefficient (Wildman–Crippen LogP) is 4.84. The van der Waals surface area contributed by atoms with Gasteiger partial charge in [0.15, 0.2) is 0 Å². The molecule has 2 rings (SSSR count). The summed E-state index contributed by atoms with van der Waals surface area (Å²) in [5.74, 6) is 0. The highest BCUT2D eigenvalue weighted by Gasteiger charge is 2.20. The number of aromatic nitrogens is 1. The molecule has 1 nitrogen and oxygen atoms in total. The summed E-state index contributed by atoms with van der Waals surface area (Å²) in [7, 11) is 0. The first-order valence-corrected chi connectivity index (χ1v) is 5.90. The number of hydrogen-bond acceptors (Lipinski definition) is 1. The molecule has 0 fully saturated rings. The average molecular weight is 254 g/mol. The molecule has 84 valence electrons. The monoisotopic (exact) mass is 253 g/mol. The third-order valence-corrected chi connectivity index (χ3v) is 3.37. The van der Waals surface area contributed by atoms with Crippen LogP contribution in [0.1, 0.15) is 26.3 Å². The van der Waals surface area contributed by atoms with Gasteiger partial charge in [0.05, 0.1) is 15.6 Å². The normalized spacial score (nSPS) is 12.1. The van der Waals surface area contributed by atoms with Crippen molar-refractivity contribution < 1.29 is 0 Å². The predicted molar refractivity (Wildman–Crippen MR) is 70.5 cm³/mol. The van der Waals surface area contributed by atoms with Crippen molar-refractivity contribution in [3.05, 3.63) is 40.0 Å². The van der Waals surface area contributed by atoms with Gasteiger partial charge in [0.1, 0.15) is 0 Å². The van der Waals surface area contributed by atoms with Crippen LogP contribution in [0.4, 0.5) is 0 Å². The van der Waals surface area contributed by atoms with Gasteiger partial charge in [0, 0.05) is 11.6 Å². The first kappa shape index (κ1) is 11.7. The molecular formula is C13H13Cl2N. The topological polar surface area (TPSA) is 12.9 Å². The fraction of sp³-hybridized carbons (Fsp3) is 0.308. The van der Waals surface area contributed by atoms with E-state index < -0.39 is 0 Å². The van der Waals surface area contributed by atoms with Gasteiger partial charge < -0.3 is 0 Å². The molecule has 0 bridgehead atoms. The Balaban J connectivity index is 2.91. The molecule has 0 radical (unpaired) electrons. The van der Waals surface area contributed by atoms with Crippen LogP contribution in [0.2, 0.25) is 10.0 Å². The highest BCUT2D eigenvalue weighted by molar-refractivity contribution is 6.45. The molecular weight excluding hydrogens is 241 g/mol. The number of hydrogen-bond donors (Lipinski definition) is 0. The van der Waals surface area contributed by atoms with Crippen LogP contribution < -0.4 is 0 Å². The van der Waals surface area contributed by atoms with Gasteiger partial charge in [-0.15, -0.1) is 0 Å². The van der Waals surface area contributed by atoms with Crippen LogP contribution in [-0.4, -0.2) is 4.98 Å². The summed E-state index contributed by atoms with van der Waals surface area (Å²) < 4.78 is 0. The third-order valence-electron chi connectivity index (χ3n) is 2.59. The molecule has 16 heavy (non-hydrogen) atoms. The van der Waals surface area contributed by atoms with E-state index in [0.29, 0.717) is 10.0 Å². The van der Waals surface area contributed by atoms with E-state index in [1.54, 1.807) is 6.20 Å². The molecule has 0 aliphatic heterocycles. The molecule has 0 unspecified atom stereocenters. The van der Waals surface area contributed by atoms with E-state index in [2.05, 4.69) is 25.8 Å². The highest BCUT2D eigenvalue weighted by atomic mass is 35.5. The van der Waals surface area contributed by atoms with Gasteiger partial charge in [-0.2, -0.15) is 0 Å². The zero-order chi connectivity index (χ0) is 11.9. The molecule has 0 N–H and O–H groups in total. The van der Waals surface area contributed by atoms with Crippen LogP contribution in [0.25, 0.3) is 10.9 Å². The van der Waals surface area contributed by atoms with Crippen molar-refractivity contribution >= 4 is 34.1 Å². The Hall–Kier alpha value is -0.790. The molecule has 1 heterocycles. The number of nitrogens with zero attached hydrogens (tertiary/aromatic N) is 1. The van der Waals surface area contributed by atoms with Gasteiger partial charge in [0.25, 0.3) is 0 Å². The van der Waals surface area contributed by atoms with Crippen LogP contribution in [0.5, 0.6) is 0 Å². The summed E-state index contributed by atoms with van der Waals surface area (Å²) >= 11 is 12.3. The minimum absolute atomic E-state index is 0.0233. The van der Waals surface area contributed by atoms with Crippen LogP contribution in [0, 0.1) is 0 Å². The van der Waals surface area contributed by atoms with Gasteiger partial charge >= 0.3 is 0 Å². The average Bonchev–Trinajstić information content (AvgIpc) is 2.22. The van der Waals surface area contributed by atoms with Crippen molar-refractivity contribution in [2.45, 2.75) is 26.2 Å². The van der Waals surface area contributed by atoms with E-state index in [0.717, 1.165) is 10.9 Å². The minimum Gasteiger partial charge on any atom is -0.255 e. The summed E-state index contributed by atoms with van der Waals surface area (Å²) in [6.07, 6.45) is 1.73. The lowest BCUT2D eigenvalue weighted by Crippen LogP contribution is -2.12. The summed E-state index contributed by atoms with van der Waals surface area (Å²) in [6.45, 7) is 6.46. The lowest BCUT2D eigenvalue weighted by Gasteiger charge is -2.22. The molecule has 0 aliphatic carbocycles. The zero-order valence-corrected chi connectivity index (χ0v) is 11.0.